The van der Waals surface area contributed by atoms with Crippen molar-refractivity contribution in [2.75, 3.05) is 0 Å². The average Bonchev–Trinajstić information content (AvgIpc) is 3.47. The topological polar surface area (TPSA) is 12.6 Å². The van der Waals surface area contributed by atoms with Gasteiger partial charge in [0.05, 0.1) is 33.9 Å². The van der Waals surface area contributed by atoms with E-state index in [4.69, 9.17) is 6.57 Å². The second kappa shape index (κ2) is 6.45. The van der Waals surface area contributed by atoms with E-state index in [1.807, 2.05) is 6.07 Å². The summed E-state index contributed by atoms with van der Waals surface area (Å²) in [5.41, 5.74) is 9.92. The maximum atomic E-state index is 7.57. The van der Waals surface area contributed by atoms with Crippen molar-refractivity contribution >= 4 is 54.7 Å². The number of hydrogen-bond acceptors (Lipinski definition) is 0. The summed E-state index contributed by atoms with van der Waals surface area (Å²) in [6, 6.07) is 15.7. The van der Waals surface area contributed by atoms with E-state index in [2.05, 4.69) is 77.3 Å². The van der Waals surface area contributed by atoms with Gasteiger partial charge in [0.1, 0.15) is 7.05 Å². The molecule has 3 aromatic carbocycles. The standard InChI is InChI=1S/C30H26N3/c1-17-13-24-23-16-22(31-3)9-10-25(23)33-26-15-21(19-7-5-6-8-19)14-20-11-12-32(4)30(28(20)26)27(18(17)2)29(24)33/h9-16,19H,5-8H2,1-2,4H3/q+1. The minimum atomic E-state index is 0.662. The lowest BCUT2D eigenvalue weighted by atomic mass is 9.92. The highest BCUT2D eigenvalue weighted by Gasteiger charge is 2.26. The van der Waals surface area contributed by atoms with E-state index in [0.29, 0.717) is 11.6 Å². The number of benzene rings is 3. The first-order chi connectivity index (χ1) is 16.1. The summed E-state index contributed by atoms with van der Waals surface area (Å²) in [7, 11) is 2.17. The minimum absolute atomic E-state index is 0.662. The van der Waals surface area contributed by atoms with Crippen molar-refractivity contribution in [2.45, 2.75) is 45.4 Å². The number of rotatable bonds is 1. The molecule has 1 aliphatic rings. The normalized spacial score (nSPS) is 15.1. The number of aryl methyl sites for hydroxylation is 3. The lowest BCUT2D eigenvalue weighted by Crippen LogP contribution is -2.29. The van der Waals surface area contributed by atoms with Gasteiger partial charge < -0.3 is 4.40 Å². The molecule has 3 heteroatoms. The predicted octanol–water partition coefficient (Wildman–Crippen LogP) is 7.64. The van der Waals surface area contributed by atoms with Gasteiger partial charge in [-0.25, -0.2) is 9.41 Å². The van der Waals surface area contributed by atoms with Crippen LogP contribution in [0.5, 0.6) is 0 Å². The van der Waals surface area contributed by atoms with Crippen molar-refractivity contribution in [1.82, 2.24) is 4.40 Å². The van der Waals surface area contributed by atoms with Crippen molar-refractivity contribution in [1.29, 1.82) is 0 Å². The molecule has 0 aliphatic heterocycles. The molecular formula is C30H26N3+. The summed E-state index contributed by atoms with van der Waals surface area (Å²) < 4.78 is 4.79. The summed E-state index contributed by atoms with van der Waals surface area (Å²) in [6.07, 6.45) is 7.49. The third kappa shape index (κ3) is 2.36. The van der Waals surface area contributed by atoms with Crippen LogP contribution in [0.2, 0.25) is 0 Å². The van der Waals surface area contributed by atoms with Crippen molar-refractivity contribution in [3.63, 3.8) is 0 Å². The second-order valence-corrected chi connectivity index (χ2v) is 10.00. The molecule has 0 N–H and O–H groups in total. The molecule has 0 saturated heterocycles. The molecule has 6 aromatic rings. The van der Waals surface area contributed by atoms with Crippen LogP contribution >= 0.6 is 0 Å². The van der Waals surface area contributed by atoms with Crippen LogP contribution in [0.4, 0.5) is 5.69 Å². The number of nitrogens with zero attached hydrogens (tertiary/aromatic N) is 3. The molecular weight excluding hydrogens is 402 g/mol. The molecule has 1 saturated carbocycles. The van der Waals surface area contributed by atoms with E-state index in [0.717, 1.165) is 0 Å². The monoisotopic (exact) mass is 428 g/mol. The molecule has 33 heavy (non-hydrogen) atoms. The Labute approximate surface area is 193 Å². The lowest BCUT2D eigenvalue weighted by Gasteiger charge is -2.17. The first kappa shape index (κ1) is 18.9. The van der Waals surface area contributed by atoms with Crippen LogP contribution < -0.4 is 4.57 Å². The van der Waals surface area contributed by atoms with Gasteiger partial charge in [0.15, 0.2) is 11.9 Å². The Morgan fingerprint density at radius 2 is 1.76 bits per heavy atom. The summed E-state index contributed by atoms with van der Waals surface area (Å²) in [6.45, 7) is 12.0. The molecule has 0 radical (unpaired) electrons. The molecule has 0 spiro atoms. The SMILES string of the molecule is [C-]#[N+]c1ccc2c(c1)c1cc(C)c(C)c3c1n2c1cc(C2CCCC2)cc2cc[n+](C)c3c21. The van der Waals surface area contributed by atoms with Gasteiger partial charge in [0.2, 0.25) is 5.52 Å². The largest absolute Gasteiger partial charge is 0.308 e. The maximum absolute atomic E-state index is 7.57. The zero-order valence-corrected chi connectivity index (χ0v) is 19.4. The number of aromatic nitrogens is 2. The van der Waals surface area contributed by atoms with E-state index in [-0.39, 0.29) is 0 Å². The highest BCUT2D eigenvalue weighted by molar-refractivity contribution is 6.26. The third-order valence-electron chi connectivity index (χ3n) is 8.23. The molecule has 1 aliphatic carbocycles. The van der Waals surface area contributed by atoms with Gasteiger partial charge in [0, 0.05) is 11.5 Å². The van der Waals surface area contributed by atoms with Crippen molar-refractivity contribution in [3.05, 3.63) is 76.8 Å². The molecule has 3 nitrogen and oxygen atoms in total. The van der Waals surface area contributed by atoms with Crippen molar-refractivity contribution in [2.24, 2.45) is 7.05 Å². The van der Waals surface area contributed by atoms with Crippen LogP contribution in [0.25, 0.3) is 53.8 Å². The fraction of sp³-hybridized carbons (Fsp3) is 0.267. The van der Waals surface area contributed by atoms with Crippen LogP contribution in [0.3, 0.4) is 0 Å². The summed E-state index contributed by atoms with van der Waals surface area (Å²) in [4.78, 5) is 3.74. The molecule has 7 rings (SSSR count). The van der Waals surface area contributed by atoms with Gasteiger partial charge in [-0.3, -0.25) is 0 Å². The van der Waals surface area contributed by atoms with Gasteiger partial charge in [-0.15, -0.1) is 0 Å². The first-order valence-corrected chi connectivity index (χ1v) is 12.0. The van der Waals surface area contributed by atoms with Crippen LogP contribution in [0, 0.1) is 20.4 Å². The fourth-order valence-corrected chi connectivity index (χ4v) is 6.48. The van der Waals surface area contributed by atoms with Crippen LogP contribution in [0.15, 0.2) is 48.7 Å². The summed E-state index contributed by atoms with van der Waals surface area (Å²) >= 11 is 0. The molecule has 3 aromatic heterocycles. The van der Waals surface area contributed by atoms with Gasteiger partial charge in [0.25, 0.3) is 0 Å². The minimum Gasteiger partial charge on any atom is -0.308 e. The van der Waals surface area contributed by atoms with Crippen molar-refractivity contribution in [3.8, 4) is 0 Å². The molecule has 0 bridgehead atoms. The Morgan fingerprint density at radius 1 is 0.939 bits per heavy atom. The zero-order chi connectivity index (χ0) is 22.4. The quantitative estimate of drug-likeness (QED) is 0.110. The summed E-state index contributed by atoms with van der Waals surface area (Å²) in [5.74, 6) is 0.662. The fourth-order valence-electron chi connectivity index (χ4n) is 6.48. The van der Waals surface area contributed by atoms with Crippen LogP contribution in [-0.4, -0.2) is 4.40 Å². The molecule has 0 atom stereocenters. The van der Waals surface area contributed by atoms with Crippen LogP contribution in [0.1, 0.15) is 48.3 Å². The van der Waals surface area contributed by atoms with Crippen LogP contribution in [-0.2, 0) is 7.05 Å². The Kier molecular flexibility index (Phi) is 3.69. The number of fused-ring (bicyclic) bond motifs is 5. The molecule has 0 unspecified atom stereocenters. The van der Waals surface area contributed by atoms with E-state index < -0.39 is 0 Å². The third-order valence-corrected chi connectivity index (χ3v) is 8.23. The Hall–Kier alpha value is -3.64. The number of pyridine rings is 2. The lowest BCUT2D eigenvalue weighted by molar-refractivity contribution is -0.643. The van der Waals surface area contributed by atoms with Gasteiger partial charge in [-0.05, 0) is 84.3 Å². The van der Waals surface area contributed by atoms with E-state index in [1.54, 1.807) is 0 Å². The molecule has 3 heterocycles. The molecule has 0 amide bonds. The molecule has 1 fully saturated rings. The smallest absolute Gasteiger partial charge is 0.224 e. The zero-order valence-electron chi connectivity index (χ0n) is 19.4. The highest BCUT2D eigenvalue weighted by atomic mass is 15.0. The predicted molar refractivity (Wildman–Crippen MR) is 137 cm³/mol. The Bertz CT molecular complexity index is 1810. The van der Waals surface area contributed by atoms with Gasteiger partial charge in [-0.1, -0.05) is 25.0 Å². The van der Waals surface area contributed by atoms with Gasteiger partial charge in [-0.2, -0.15) is 0 Å². The average molecular weight is 429 g/mol. The first-order valence-electron chi connectivity index (χ1n) is 12.0. The maximum Gasteiger partial charge on any atom is 0.224 e. The molecule has 160 valence electrons. The van der Waals surface area contributed by atoms with Crippen molar-refractivity contribution < 1.29 is 4.57 Å². The number of hydrogen-bond donors (Lipinski definition) is 0. The summed E-state index contributed by atoms with van der Waals surface area (Å²) in [5, 5.41) is 6.44. The highest BCUT2D eigenvalue weighted by Crippen LogP contribution is 2.44. The van der Waals surface area contributed by atoms with E-state index in [9.17, 15) is 0 Å². The van der Waals surface area contributed by atoms with E-state index >= 15 is 0 Å². The Morgan fingerprint density at radius 3 is 2.55 bits per heavy atom. The Balaban J connectivity index is 1.83. The van der Waals surface area contributed by atoms with E-state index in [1.165, 1.54) is 91.4 Å². The second-order valence-electron chi connectivity index (χ2n) is 10.00. The van der Waals surface area contributed by atoms with Gasteiger partial charge >= 0.3 is 0 Å².